The molecule has 1 heterocycles. The summed E-state index contributed by atoms with van der Waals surface area (Å²) >= 11 is 0. The first-order valence-electron chi connectivity index (χ1n) is 8.70. The number of carbonyl (C=O) groups is 2. The highest BCUT2D eigenvalue weighted by Gasteiger charge is 2.33. The van der Waals surface area contributed by atoms with Crippen molar-refractivity contribution in [1.82, 2.24) is 4.90 Å². The van der Waals surface area contributed by atoms with Crippen LogP contribution in [0.15, 0.2) is 54.3 Å². The zero-order valence-corrected chi connectivity index (χ0v) is 15.5. The fourth-order valence-corrected chi connectivity index (χ4v) is 2.87. The molecule has 1 unspecified atom stereocenters. The second-order valence-corrected chi connectivity index (χ2v) is 7.37. The molecule has 25 heavy (non-hydrogen) atoms. The summed E-state index contributed by atoms with van der Waals surface area (Å²) in [7, 11) is 0. The average molecular weight is 341 g/mol. The lowest BCUT2D eigenvalue weighted by molar-refractivity contribution is -0.113. The van der Waals surface area contributed by atoms with E-state index in [2.05, 4.69) is 20.8 Å². The number of ketones is 1. The number of nitrogens with zero attached hydrogens (tertiary/aromatic N) is 1. The molecule has 0 aromatic heterocycles. The Morgan fingerprint density at radius 3 is 2.52 bits per heavy atom. The van der Waals surface area contributed by atoms with Crippen LogP contribution in [0.3, 0.4) is 0 Å². The van der Waals surface area contributed by atoms with E-state index >= 15 is 0 Å². The summed E-state index contributed by atoms with van der Waals surface area (Å²) in [4.78, 5) is 26.5. The van der Waals surface area contributed by atoms with Gasteiger partial charge < -0.3 is 4.74 Å². The van der Waals surface area contributed by atoms with Gasteiger partial charge >= 0.3 is 6.09 Å². The molecule has 0 bridgehead atoms. The number of amides is 1. The van der Waals surface area contributed by atoms with Crippen LogP contribution in [0.1, 0.15) is 39.7 Å². The van der Waals surface area contributed by atoms with Gasteiger partial charge in [-0.05, 0) is 36.3 Å². The van der Waals surface area contributed by atoms with Crippen LogP contribution < -0.4 is 0 Å². The van der Waals surface area contributed by atoms with Crippen LogP contribution in [0.4, 0.5) is 4.79 Å². The van der Waals surface area contributed by atoms with Crippen molar-refractivity contribution in [2.45, 2.75) is 40.7 Å². The Labute approximate surface area is 150 Å². The zero-order chi connectivity index (χ0) is 18.4. The second kappa shape index (κ2) is 8.15. The number of benzene rings is 1. The van der Waals surface area contributed by atoms with Gasteiger partial charge in [-0.2, -0.15) is 0 Å². The molecule has 2 rings (SSSR count). The monoisotopic (exact) mass is 341 g/mol. The highest BCUT2D eigenvalue weighted by Crippen LogP contribution is 2.35. The molecule has 0 aliphatic carbocycles. The highest BCUT2D eigenvalue weighted by atomic mass is 16.6. The van der Waals surface area contributed by atoms with Crippen molar-refractivity contribution in [3.8, 4) is 0 Å². The van der Waals surface area contributed by atoms with Crippen LogP contribution in [-0.2, 0) is 16.1 Å². The molecular weight excluding hydrogens is 314 g/mol. The molecule has 0 spiro atoms. The van der Waals surface area contributed by atoms with Crippen LogP contribution in [-0.4, -0.2) is 23.3 Å². The predicted molar refractivity (Wildman–Crippen MR) is 98.8 cm³/mol. The third-order valence-corrected chi connectivity index (χ3v) is 4.42. The van der Waals surface area contributed by atoms with Gasteiger partial charge in [0, 0.05) is 6.54 Å². The minimum Gasteiger partial charge on any atom is -0.444 e. The third-order valence-electron chi connectivity index (χ3n) is 4.42. The molecule has 4 nitrogen and oxygen atoms in total. The van der Waals surface area contributed by atoms with E-state index in [1.807, 2.05) is 36.4 Å². The molecule has 4 heteroatoms. The van der Waals surface area contributed by atoms with Gasteiger partial charge in [-0.1, -0.05) is 63.3 Å². The predicted octanol–water partition coefficient (Wildman–Crippen LogP) is 4.72. The molecule has 1 aliphatic heterocycles. The first kappa shape index (κ1) is 19.0. The standard InChI is InChI=1S/C21H27NO3/c1-5-9-19(23)18-14-17(21(2,3)4)12-13-22(18)20(24)25-15-16-10-7-6-8-11-16/h5-11,14,17H,12-13,15H2,1-4H3/b9-5+. The molecule has 0 saturated heterocycles. The van der Waals surface area contributed by atoms with Crippen LogP contribution in [0.25, 0.3) is 0 Å². The zero-order valence-electron chi connectivity index (χ0n) is 15.5. The Bertz CT molecular complexity index is 668. The molecule has 0 N–H and O–H groups in total. The largest absolute Gasteiger partial charge is 0.444 e. The first-order chi connectivity index (χ1) is 11.8. The molecular formula is C21H27NO3. The van der Waals surface area contributed by atoms with Gasteiger partial charge in [0.05, 0.1) is 5.70 Å². The summed E-state index contributed by atoms with van der Waals surface area (Å²) in [6.07, 6.45) is 5.46. The Hall–Kier alpha value is -2.36. The summed E-state index contributed by atoms with van der Waals surface area (Å²) in [6, 6.07) is 9.53. The van der Waals surface area contributed by atoms with Crippen LogP contribution in [0.5, 0.6) is 0 Å². The van der Waals surface area contributed by atoms with Crippen LogP contribution >= 0.6 is 0 Å². The number of ether oxygens (including phenoxy) is 1. The average Bonchev–Trinajstić information content (AvgIpc) is 2.59. The van der Waals surface area contributed by atoms with Gasteiger partial charge in [0.25, 0.3) is 0 Å². The van der Waals surface area contributed by atoms with E-state index in [-0.39, 0.29) is 23.7 Å². The SMILES string of the molecule is C/C=C/C(=O)C1=CC(C(C)(C)C)CCN1C(=O)OCc1ccccc1. The Balaban J connectivity index is 2.16. The van der Waals surface area contributed by atoms with Gasteiger partial charge in [0.15, 0.2) is 0 Å². The summed E-state index contributed by atoms with van der Waals surface area (Å²) in [6.45, 7) is 8.93. The van der Waals surface area contributed by atoms with Gasteiger partial charge in [-0.25, -0.2) is 4.79 Å². The van der Waals surface area contributed by atoms with Crippen molar-refractivity contribution < 1.29 is 14.3 Å². The fraction of sp³-hybridized carbons (Fsp3) is 0.429. The lowest BCUT2D eigenvalue weighted by atomic mass is 9.76. The molecule has 134 valence electrons. The van der Waals surface area contributed by atoms with E-state index in [1.54, 1.807) is 13.0 Å². The van der Waals surface area contributed by atoms with E-state index in [1.165, 1.54) is 11.0 Å². The summed E-state index contributed by atoms with van der Waals surface area (Å²) < 4.78 is 5.42. The molecule has 1 aromatic carbocycles. The van der Waals surface area contributed by atoms with Gasteiger partial charge in [0.2, 0.25) is 5.78 Å². The molecule has 0 fully saturated rings. The quantitative estimate of drug-likeness (QED) is 0.744. The third kappa shape index (κ3) is 5.05. The van der Waals surface area contributed by atoms with Gasteiger partial charge in [-0.15, -0.1) is 0 Å². The Morgan fingerprint density at radius 2 is 1.92 bits per heavy atom. The Kier molecular flexibility index (Phi) is 6.18. The van der Waals surface area contributed by atoms with Crippen molar-refractivity contribution in [2.24, 2.45) is 11.3 Å². The van der Waals surface area contributed by atoms with E-state index in [4.69, 9.17) is 4.74 Å². The summed E-state index contributed by atoms with van der Waals surface area (Å²) in [5, 5.41) is 0. The summed E-state index contributed by atoms with van der Waals surface area (Å²) in [5.74, 6) is 0.0861. The maximum absolute atomic E-state index is 12.5. The smallest absolute Gasteiger partial charge is 0.414 e. The molecule has 1 amide bonds. The molecule has 0 radical (unpaired) electrons. The fourth-order valence-electron chi connectivity index (χ4n) is 2.87. The van der Waals surface area contributed by atoms with Crippen molar-refractivity contribution in [1.29, 1.82) is 0 Å². The lowest BCUT2D eigenvalue weighted by Gasteiger charge is -2.36. The maximum atomic E-state index is 12.5. The van der Waals surface area contributed by atoms with Crippen LogP contribution in [0, 0.1) is 11.3 Å². The maximum Gasteiger partial charge on any atom is 0.414 e. The summed E-state index contributed by atoms with van der Waals surface area (Å²) in [5.41, 5.74) is 1.38. The molecule has 1 aromatic rings. The highest BCUT2D eigenvalue weighted by molar-refractivity contribution is 6.05. The minimum atomic E-state index is -0.472. The van der Waals surface area contributed by atoms with Crippen LogP contribution in [0.2, 0.25) is 0 Å². The van der Waals surface area contributed by atoms with E-state index in [0.717, 1.165) is 12.0 Å². The number of allylic oxidation sites excluding steroid dienone is 3. The van der Waals surface area contributed by atoms with E-state index in [0.29, 0.717) is 12.2 Å². The number of hydrogen-bond acceptors (Lipinski definition) is 3. The van der Waals surface area contributed by atoms with Crippen molar-refractivity contribution in [3.63, 3.8) is 0 Å². The number of rotatable bonds is 4. The van der Waals surface area contributed by atoms with Crippen molar-refractivity contribution in [2.75, 3.05) is 6.54 Å². The number of hydrogen-bond donors (Lipinski definition) is 0. The first-order valence-corrected chi connectivity index (χ1v) is 8.70. The molecule has 0 saturated carbocycles. The lowest BCUT2D eigenvalue weighted by Crippen LogP contribution is -2.40. The second-order valence-electron chi connectivity index (χ2n) is 7.37. The van der Waals surface area contributed by atoms with Gasteiger partial charge in [0.1, 0.15) is 6.61 Å². The van der Waals surface area contributed by atoms with E-state index < -0.39 is 6.09 Å². The normalized spacial score (nSPS) is 18.2. The molecule has 1 atom stereocenters. The van der Waals surface area contributed by atoms with Crippen molar-refractivity contribution in [3.05, 3.63) is 59.8 Å². The van der Waals surface area contributed by atoms with Crippen molar-refractivity contribution >= 4 is 11.9 Å². The topological polar surface area (TPSA) is 46.6 Å². The Morgan fingerprint density at radius 1 is 1.24 bits per heavy atom. The minimum absolute atomic E-state index is 0.0431. The number of carbonyl (C=O) groups excluding carboxylic acids is 2. The van der Waals surface area contributed by atoms with Gasteiger partial charge in [-0.3, -0.25) is 9.69 Å². The molecule has 1 aliphatic rings. The van der Waals surface area contributed by atoms with E-state index in [9.17, 15) is 9.59 Å².